The minimum atomic E-state index is 0.432. The van der Waals surface area contributed by atoms with Crippen molar-refractivity contribution in [1.82, 2.24) is 4.98 Å². The summed E-state index contributed by atoms with van der Waals surface area (Å²) in [6.45, 7) is 0. The molecular formula is C11H9N2. The van der Waals surface area contributed by atoms with Gasteiger partial charge in [-0.15, -0.1) is 0 Å². The van der Waals surface area contributed by atoms with E-state index < -0.39 is 0 Å². The summed E-state index contributed by atoms with van der Waals surface area (Å²) in [6, 6.07) is 16.4. The number of pyridine rings is 1. The fourth-order valence-electron chi connectivity index (χ4n) is 1.17. The van der Waals surface area contributed by atoms with Crippen LogP contribution in [-0.2, 0) is 0 Å². The zero-order valence-electron chi connectivity index (χ0n) is 7.07. The van der Waals surface area contributed by atoms with E-state index in [0.29, 0.717) is 5.82 Å². The van der Waals surface area contributed by atoms with Crippen molar-refractivity contribution in [3.05, 3.63) is 48.5 Å². The second kappa shape index (κ2) is 3.27. The first-order valence-corrected chi connectivity index (χ1v) is 4.06. The van der Waals surface area contributed by atoms with Crippen molar-refractivity contribution in [3.63, 3.8) is 0 Å². The van der Waals surface area contributed by atoms with Gasteiger partial charge in [0.2, 0.25) is 0 Å². The van der Waals surface area contributed by atoms with Gasteiger partial charge < -0.3 is 5.73 Å². The Morgan fingerprint density at radius 2 is 1.85 bits per heavy atom. The zero-order chi connectivity index (χ0) is 9.10. The molecule has 2 nitrogen and oxygen atoms in total. The average Bonchev–Trinajstić information content (AvgIpc) is 2.19. The van der Waals surface area contributed by atoms with Crippen LogP contribution in [0.5, 0.6) is 0 Å². The monoisotopic (exact) mass is 169 g/mol. The Bertz CT molecular complexity index is 396. The lowest BCUT2D eigenvalue weighted by Crippen LogP contribution is -1.91. The zero-order valence-corrected chi connectivity index (χ0v) is 7.07. The summed E-state index contributed by atoms with van der Waals surface area (Å²) in [5.41, 5.74) is 7.49. The Hall–Kier alpha value is -1.83. The van der Waals surface area contributed by atoms with Gasteiger partial charge in [-0.1, -0.05) is 30.3 Å². The Labute approximate surface area is 77.0 Å². The van der Waals surface area contributed by atoms with Gasteiger partial charge in [-0.25, -0.2) is 4.98 Å². The second-order valence-electron chi connectivity index (χ2n) is 2.73. The van der Waals surface area contributed by atoms with E-state index >= 15 is 0 Å². The number of nitrogens with zero attached hydrogens (tertiary/aromatic N) is 1. The standard InChI is InChI=1S/C11H9N2/c12-11-8-4-7-10(13-11)9-5-2-1-3-6-9/h1-7H,(H2,12,13). The highest BCUT2D eigenvalue weighted by Crippen LogP contribution is 2.16. The quantitative estimate of drug-likeness (QED) is 0.710. The molecule has 1 radical (unpaired) electrons. The molecule has 0 saturated heterocycles. The van der Waals surface area contributed by atoms with Crippen LogP contribution in [0.1, 0.15) is 0 Å². The van der Waals surface area contributed by atoms with Gasteiger partial charge in [0.25, 0.3) is 0 Å². The third-order valence-electron chi connectivity index (χ3n) is 1.78. The predicted molar refractivity (Wildman–Crippen MR) is 52.9 cm³/mol. The van der Waals surface area contributed by atoms with Gasteiger partial charge in [-0.3, -0.25) is 0 Å². The van der Waals surface area contributed by atoms with Crippen LogP contribution < -0.4 is 5.73 Å². The highest BCUT2D eigenvalue weighted by atomic mass is 14.8. The number of nitrogens with two attached hydrogens (primary N) is 1. The van der Waals surface area contributed by atoms with Crippen molar-refractivity contribution in [2.45, 2.75) is 0 Å². The maximum absolute atomic E-state index is 5.53. The van der Waals surface area contributed by atoms with Crippen LogP contribution in [0.15, 0.2) is 42.5 Å². The van der Waals surface area contributed by atoms with Crippen molar-refractivity contribution in [3.8, 4) is 11.3 Å². The molecule has 0 spiro atoms. The first-order chi connectivity index (χ1) is 6.36. The summed E-state index contributed by atoms with van der Waals surface area (Å²) in [6.07, 6.45) is 0. The van der Waals surface area contributed by atoms with Crippen LogP contribution in [0.4, 0.5) is 5.82 Å². The first kappa shape index (κ1) is 7.80. The molecule has 2 rings (SSSR count). The molecule has 0 amide bonds. The largest absolute Gasteiger partial charge is 0.383 e. The number of rotatable bonds is 1. The van der Waals surface area contributed by atoms with E-state index in [4.69, 9.17) is 5.73 Å². The molecule has 0 aliphatic carbocycles. The highest BCUT2D eigenvalue weighted by molar-refractivity contribution is 5.60. The molecule has 1 aromatic heterocycles. The topological polar surface area (TPSA) is 38.9 Å². The lowest BCUT2D eigenvalue weighted by Gasteiger charge is -1.99. The fraction of sp³-hybridized carbons (Fsp3) is 0. The maximum Gasteiger partial charge on any atom is 0.132 e. The summed E-state index contributed by atoms with van der Waals surface area (Å²) >= 11 is 0. The van der Waals surface area contributed by atoms with E-state index in [1.54, 1.807) is 6.07 Å². The Kier molecular flexibility index (Phi) is 1.96. The van der Waals surface area contributed by atoms with Crippen molar-refractivity contribution < 1.29 is 0 Å². The molecule has 2 heteroatoms. The summed E-state index contributed by atoms with van der Waals surface area (Å²) in [5, 5.41) is 0. The number of hydrogen-bond donors (Lipinski definition) is 1. The third kappa shape index (κ3) is 1.67. The summed E-state index contributed by atoms with van der Waals surface area (Å²) < 4.78 is 0. The van der Waals surface area contributed by atoms with Crippen LogP contribution in [0.2, 0.25) is 0 Å². The Balaban J connectivity index is 2.48. The normalized spacial score (nSPS) is 9.85. The van der Waals surface area contributed by atoms with Crippen LogP contribution in [0.25, 0.3) is 11.3 Å². The molecule has 2 aromatic rings. The molecule has 2 N–H and O–H groups in total. The molecule has 0 saturated carbocycles. The molecule has 0 aliphatic rings. The Morgan fingerprint density at radius 1 is 1.08 bits per heavy atom. The summed E-state index contributed by atoms with van der Waals surface area (Å²) in [4.78, 5) is 4.17. The fourth-order valence-corrected chi connectivity index (χ4v) is 1.17. The Morgan fingerprint density at radius 3 is 2.54 bits per heavy atom. The van der Waals surface area contributed by atoms with E-state index in [1.807, 2.05) is 36.4 Å². The summed E-state index contributed by atoms with van der Waals surface area (Å²) in [5.74, 6) is 0.432. The van der Waals surface area contributed by atoms with Crippen molar-refractivity contribution in [2.24, 2.45) is 0 Å². The van der Waals surface area contributed by atoms with Crippen LogP contribution in [0.3, 0.4) is 0 Å². The van der Waals surface area contributed by atoms with E-state index in [-0.39, 0.29) is 0 Å². The molecule has 0 bridgehead atoms. The SMILES string of the molecule is Nc1[c]ccc(-c2ccccc2)n1. The smallest absolute Gasteiger partial charge is 0.132 e. The van der Waals surface area contributed by atoms with Crippen molar-refractivity contribution in [2.75, 3.05) is 5.73 Å². The molecule has 13 heavy (non-hydrogen) atoms. The van der Waals surface area contributed by atoms with Gasteiger partial charge >= 0.3 is 0 Å². The van der Waals surface area contributed by atoms with Gasteiger partial charge in [0, 0.05) is 11.6 Å². The molecule has 1 aromatic carbocycles. The first-order valence-electron chi connectivity index (χ1n) is 4.06. The average molecular weight is 169 g/mol. The maximum atomic E-state index is 5.53. The van der Waals surface area contributed by atoms with Gasteiger partial charge in [0.15, 0.2) is 0 Å². The van der Waals surface area contributed by atoms with Crippen molar-refractivity contribution in [1.29, 1.82) is 0 Å². The number of nitrogen functional groups attached to an aromatic ring is 1. The lowest BCUT2D eigenvalue weighted by atomic mass is 10.1. The van der Waals surface area contributed by atoms with E-state index in [0.717, 1.165) is 11.3 Å². The van der Waals surface area contributed by atoms with Gasteiger partial charge in [0.05, 0.1) is 5.69 Å². The number of benzene rings is 1. The molecule has 63 valence electrons. The van der Waals surface area contributed by atoms with Crippen molar-refractivity contribution >= 4 is 5.82 Å². The minimum Gasteiger partial charge on any atom is -0.383 e. The van der Waals surface area contributed by atoms with Crippen LogP contribution in [0, 0.1) is 6.07 Å². The molecule has 1 heterocycles. The lowest BCUT2D eigenvalue weighted by molar-refractivity contribution is 1.33. The second-order valence-corrected chi connectivity index (χ2v) is 2.73. The van der Waals surface area contributed by atoms with Gasteiger partial charge in [-0.05, 0) is 12.1 Å². The molecule has 0 aliphatic heterocycles. The number of aromatic nitrogens is 1. The van der Waals surface area contributed by atoms with Gasteiger partial charge in [0.1, 0.15) is 5.82 Å². The molecule has 0 unspecified atom stereocenters. The van der Waals surface area contributed by atoms with E-state index in [1.165, 1.54) is 0 Å². The van der Waals surface area contributed by atoms with Crippen LogP contribution >= 0.6 is 0 Å². The third-order valence-corrected chi connectivity index (χ3v) is 1.78. The van der Waals surface area contributed by atoms with Gasteiger partial charge in [-0.2, -0.15) is 0 Å². The van der Waals surface area contributed by atoms with Crippen LogP contribution in [-0.4, -0.2) is 4.98 Å². The molecular weight excluding hydrogens is 160 g/mol. The predicted octanol–water partition coefficient (Wildman–Crippen LogP) is 2.13. The minimum absolute atomic E-state index is 0.432. The molecule has 0 fully saturated rings. The highest BCUT2D eigenvalue weighted by Gasteiger charge is 1.96. The number of hydrogen-bond acceptors (Lipinski definition) is 2. The van der Waals surface area contributed by atoms with E-state index in [2.05, 4.69) is 11.1 Å². The van der Waals surface area contributed by atoms with E-state index in [9.17, 15) is 0 Å². The summed E-state index contributed by atoms with van der Waals surface area (Å²) in [7, 11) is 0. The number of anilines is 1. The molecule has 0 atom stereocenters.